The van der Waals surface area contributed by atoms with Crippen molar-refractivity contribution in [3.05, 3.63) is 36.2 Å². The third-order valence-corrected chi connectivity index (χ3v) is 5.19. The van der Waals surface area contributed by atoms with E-state index in [9.17, 15) is 20.3 Å². The standard InChI is InChI=1S/C21H24N8O5/c1-11(2)33-8-14-16(30)17(31)21(34-14)29-10-25-15-18(23-9-24-19(15)29)26-20(32)12(7-22)6-13-4-5-28(3)27-13/h4-6,9-11,14,16-17,21,30-31H,8H2,1-3H3,(H,23,24,26,32)/b12-6+/t14-,16-,17-,21-/m1/s1. The smallest absolute Gasteiger partial charge is 0.267 e. The Balaban J connectivity index is 1.57. The van der Waals surface area contributed by atoms with Crippen LogP contribution in [0.15, 0.2) is 30.5 Å². The van der Waals surface area contributed by atoms with Crippen LogP contribution in [0.2, 0.25) is 0 Å². The predicted molar refractivity (Wildman–Crippen MR) is 118 cm³/mol. The third kappa shape index (κ3) is 4.66. The van der Waals surface area contributed by atoms with E-state index < -0.39 is 30.4 Å². The molecule has 0 unspecified atom stereocenters. The molecule has 4 atom stereocenters. The first kappa shape index (κ1) is 23.5. The number of fused-ring (bicyclic) bond motifs is 1. The summed E-state index contributed by atoms with van der Waals surface area (Å²) in [4.78, 5) is 25.2. The van der Waals surface area contributed by atoms with Gasteiger partial charge in [-0.2, -0.15) is 10.4 Å². The Kier molecular flexibility index (Phi) is 6.66. The molecule has 1 saturated heterocycles. The van der Waals surface area contributed by atoms with Gasteiger partial charge in [-0.1, -0.05) is 0 Å². The van der Waals surface area contributed by atoms with Crippen molar-refractivity contribution in [3.8, 4) is 6.07 Å². The predicted octanol–water partition coefficient (Wildman–Crippen LogP) is 0.150. The molecule has 1 fully saturated rings. The van der Waals surface area contributed by atoms with Crippen LogP contribution in [0.25, 0.3) is 17.2 Å². The molecule has 3 aromatic heterocycles. The second-order valence-corrected chi connectivity index (χ2v) is 8.01. The minimum Gasteiger partial charge on any atom is -0.387 e. The van der Waals surface area contributed by atoms with Gasteiger partial charge in [0, 0.05) is 13.2 Å². The molecular weight excluding hydrogens is 444 g/mol. The maximum absolute atomic E-state index is 12.7. The fraction of sp³-hybridized carbons (Fsp3) is 0.429. The first-order valence-corrected chi connectivity index (χ1v) is 10.5. The molecule has 0 bridgehead atoms. The third-order valence-electron chi connectivity index (χ3n) is 5.19. The Morgan fingerprint density at radius 2 is 2.15 bits per heavy atom. The van der Waals surface area contributed by atoms with Crippen LogP contribution in [0.5, 0.6) is 0 Å². The Hall–Kier alpha value is -3.70. The number of aliphatic hydroxyl groups is 2. The van der Waals surface area contributed by atoms with Crippen molar-refractivity contribution in [2.75, 3.05) is 11.9 Å². The number of ether oxygens (including phenoxy) is 2. The average Bonchev–Trinajstić information content (AvgIpc) is 3.49. The van der Waals surface area contributed by atoms with E-state index in [1.165, 1.54) is 23.3 Å². The normalized spacial score (nSPS) is 22.9. The maximum Gasteiger partial charge on any atom is 0.267 e. The van der Waals surface area contributed by atoms with Gasteiger partial charge in [0.05, 0.1) is 24.7 Å². The van der Waals surface area contributed by atoms with Crippen LogP contribution in [0.3, 0.4) is 0 Å². The maximum atomic E-state index is 12.7. The number of aliphatic hydroxyl groups excluding tert-OH is 2. The molecule has 1 aliphatic rings. The molecule has 0 saturated carbocycles. The van der Waals surface area contributed by atoms with Gasteiger partial charge >= 0.3 is 0 Å². The van der Waals surface area contributed by atoms with Crippen LogP contribution in [-0.4, -0.2) is 76.4 Å². The summed E-state index contributed by atoms with van der Waals surface area (Å²) in [5, 5.41) is 37.0. The SMILES string of the molecule is CC(C)OC[C@H]1O[C@@H](n2cnc3c(NC(=O)/C(C#N)=C/c4ccn(C)n4)ncnc32)[C@H](O)[C@@H]1O. The molecule has 4 rings (SSSR count). The number of aryl methyl sites for hydroxylation is 1. The van der Waals surface area contributed by atoms with Gasteiger partial charge < -0.3 is 25.0 Å². The van der Waals surface area contributed by atoms with Gasteiger partial charge in [-0.05, 0) is 26.0 Å². The van der Waals surface area contributed by atoms with Crippen molar-refractivity contribution in [1.29, 1.82) is 5.26 Å². The van der Waals surface area contributed by atoms with Crippen LogP contribution in [0.4, 0.5) is 5.82 Å². The number of anilines is 1. The number of nitrogens with one attached hydrogen (secondary N) is 1. The minimum absolute atomic E-state index is 0.0648. The van der Waals surface area contributed by atoms with Crippen LogP contribution in [0, 0.1) is 11.3 Å². The van der Waals surface area contributed by atoms with Gasteiger partial charge in [0.1, 0.15) is 36.3 Å². The number of carbonyl (C=O) groups excluding carboxylic acids is 1. The molecule has 3 aromatic rings. The quantitative estimate of drug-likeness (QED) is 0.320. The lowest BCUT2D eigenvalue weighted by molar-refractivity contribution is -0.112. The van der Waals surface area contributed by atoms with Crippen molar-refractivity contribution in [3.63, 3.8) is 0 Å². The summed E-state index contributed by atoms with van der Waals surface area (Å²) in [6.07, 6.45) is 1.43. The second kappa shape index (κ2) is 9.65. The fourth-order valence-corrected chi connectivity index (χ4v) is 3.49. The van der Waals surface area contributed by atoms with Gasteiger partial charge in [-0.25, -0.2) is 15.0 Å². The largest absolute Gasteiger partial charge is 0.387 e. The van der Waals surface area contributed by atoms with E-state index in [2.05, 4.69) is 25.4 Å². The second-order valence-electron chi connectivity index (χ2n) is 8.01. The number of hydrogen-bond donors (Lipinski definition) is 3. The minimum atomic E-state index is -1.25. The van der Waals surface area contributed by atoms with Crippen LogP contribution < -0.4 is 5.32 Å². The molecule has 0 aromatic carbocycles. The van der Waals surface area contributed by atoms with Crippen molar-refractivity contribution in [1.82, 2.24) is 29.3 Å². The van der Waals surface area contributed by atoms with Gasteiger partial charge in [0.15, 0.2) is 23.2 Å². The van der Waals surface area contributed by atoms with E-state index in [0.29, 0.717) is 5.69 Å². The van der Waals surface area contributed by atoms with Gasteiger partial charge in [-0.3, -0.25) is 14.0 Å². The summed E-state index contributed by atoms with van der Waals surface area (Å²) in [6.45, 7) is 3.82. The number of nitrogens with zero attached hydrogens (tertiary/aromatic N) is 7. The van der Waals surface area contributed by atoms with Crippen molar-refractivity contribution in [2.45, 2.75) is 44.5 Å². The number of rotatable bonds is 7. The molecular formula is C21H24N8O5. The summed E-state index contributed by atoms with van der Waals surface area (Å²) in [5.41, 5.74) is 0.765. The van der Waals surface area contributed by atoms with E-state index in [1.807, 2.05) is 19.9 Å². The monoisotopic (exact) mass is 468 g/mol. The topological polar surface area (TPSA) is 173 Å². The zero-order valence-corrected chi connectivity index (χ0v) is 18.7. The molecule has 1 aliphatic heterocycles. The van der Waals surface area contributed by atoms with E-state index >= 15 is 0 Å². The molecule has 1 amide bonds. The zero-order chi connectivity index (χ0) is 24.4. The summed E-state index contributed by atoms with van der Waals surface area (Å²) >= 11 is 0. The average molecular weight is 468 g/mol. The van der Waals surface area contributed by atoms with E-state index in [4.69, 9.17) is 9.47 Å². The zero-order valence-electron chi connectivity index (χ0n) is 18.7. The summed E-state index contributed by atoms with van der Waals surface area (Å²) in [7, 11) is 1.72. The molecule has 13 heteroatoms. The molecule has 13 nitrogen and oxygen atoms in total. The highest BCUT2D eigenvalue weighted by molar-refractivity contribution is 6.11. The Labute approximate surface area is 194 Å². The summed E-state index contributed by atoms with van der Waals surface area (Å²) < 4.78 is 14.3. The lowest BCUT2D eigenvalue weighted by Gasteiger charge is -2.17. The number of imidazole rings is 1. The number of amides is 1. The molecule has 0 radical (unpaired) electrons. The molecule has 178 valence electrons. The molecule has 3 N–H and O–H groups in total. The van der Waals surface area contributed by atoms with Crippen molar-refractivity contribution in [2.24, 2.45) is 7.05 Å². The Morgan fingerprint density at radius 1 is 1.35 bits per heavy atom. The lowest BCUT2D eigenvalue weighted by atomic mass is 10.1. The highest BCUT2D eigenvalue weighted by atomic mass is 16.6. The molecule has 34 heavy (non-hydrogen) atoms. The van der Waals surface area contributed by atoms with E-state index in [0.717, 1.165) is 0 Å². The Morgan fingerprint density at radius 3 is 2.82 bits per heavy atom. The van der Waals surface area contributed by atoms with Crippen molar-refractivity contribution < 1.29 is 24.5 Å². The highest BCUT2D eigenvalue weighted by Gasteiger charge is 2.44. The number of nitriles is 1. The van der Waals surface area contributed by atoms with Crippen LogP contribution in [-0.2, 0) is 21.3 Å². The van der Waals surface area contributed by atoms with Crippen molar-refractivity contribution >= 4 is 29.0 Å². The van der Waals surface area contributed by atoms with E-state index in [-0.39, 0.29) is 35.3 Å². The molecule has 0 spiro atoms. The van der Waals surface area contributed by atoms with Crippen LogP contribution in [0.1, 0.15) is 25.8 Å². The highest BCUT2D eigenvalue weighted by Crippen LogP contribution is 2.32. The van der Waals surface area contributed by atoms with Crippen LogP contribution >= 0.6 is 0 Å². The molecule has 4 heterocycles. The first-order valence-electron chi connectivity index (χ1n) is 10.5. The van der Waals surface area contributed by atoms with E-state index in [1.54, 1.807) is 24.0 Å². The Bertz CT molecular complexity index is 1260. The summed E-state index contributed by atoms with van der Waals surface area (Å²) in [6, 6.07) is 3.51. The fourth-order valence-electron chi connectivity index (χ4n) is 3.49. The number of hydrogen-bond acceptors (Lipinski definition) is 10. The van der Waals surface area contributed by atoms with Gasteiger partial charge in [0.25, 0.3) is 5.91 Å². The number of carbonyl (C=O) groups is 1. The van der Waals surface area contributed by atoms with Gasteiger partial charge in [0.2, 0.25) is 0 Å². The molecule has 0 aliphatic carbocycles. The summed E-state index contributed by atoms with van der Waals surface area (Å²) in [5.74, 6) is -0.621. The first-order chi connectivity index (χ1) is 16.3. The van der Waals surface area contributed by atoms with Gasteiger partial charge in [-0.15, -0.1) is 0 Å². The lowest BCUT2D eigenvalue weighted by Crippen LogP contribution is -2.34. The number of aromatic nitrogens is 6.